The van der Waals surface area contributed by atoms with Crippen molar-refractivity contribution in [2.45, 2.75) is 0 Å². The van der Waals surface area contributed by atoms with Gasteiger partial charge in [0.25, 0.3) is 0 Å². The third-order valence-electron chi connectivity index (χ3n) is 4.07. The molecule has 8 heteroatoms. The fraction of sp³-hybridized carbons (Fsp3) is 0.389. The van der Waals surface area contributed by atoms with Crippen LogP contribution in [0.5, 0.6) is 0 Å². The van der Waals surface area contributed by atoms with Crippen LogP contribution in [0.3, 0.4) is 0 Å². The molecule has 0 aliphatic carbocycles. The van der Waals surface area contributed by atoms with Crippen LogP contribution in [0, 0.1) is 0 Å². The Morgan fingerprint density at radius 1 is 1.27 bits per heavy atom. The maximum Gasteiger partial charge on any atom is 0.339 e. The standard InChI is InChI=1S/C18H23N5O3/c1-25-17(24)14-4-2-3-5-15(14)21-18-20-7-6-16(22-18)19-8-9-23-10-12-26-13-11-23/h2-7H,8-13H2,1H3,(H2,19,20,21,22). The molecule has 1 aromatic carbocycles. The number of esters is 1. The monoisotopic (exact) mass is 357 g/mol. The lowest BCUT2D eigenvalue weighted by Crippen LogP contribution is -2.39. The summed E-state index contributed by atoms with van der Waals surface area (Å²) in [7, 11) is 1.36. The minimum Gasteiger partial charge on any atom is -0.465 e. The van der Waals surface area contributed by atoms with E-state index in [4.69, 9.17) is 9.47 Å². The number of carbonyl (C=O) groups is 1. The number of carbonyl (C=O) groups excluding carboxylic acids is 1. The molecule has 0 spiro atoms. The molecule has 1 aromatic heterocycles. The van der Waals surface area contributed by atoms with Crippen molar-refractivity contribution >= 4 is 23.4 Å². The second-order valence-electron chi connectivity index (χ2n) is 5.81. The summed E-state index contributed by atoms with van der Waals surface area (Å²) < 4.78 is 10.2. The molecule has 2 N–H and O–H groups in total. The highest BCUT2D eigenvalue weighted by atomic mass is 16.5. The van der Waals surface area contributed by atoms with Crippen molar-refractivity contribution in [3.8, 4) is 0 Å². The fourth-order valence-electron chi connectivity index (χ4n) is 2.68. The Bertz CT molecular complexity index is 734. The first-order valence-corrected chi connectivity index (χ1v) is 8.57. The second-order valence-corrected chi connectivity index (χ2v) is 5.81. The topological polar surface area (TPSA) is 88.6 Å². The number of benzene rings is 1. The van der Waals surface area contributed by atoms with Crippen molar-refractivity contribution < 1.29 is 14.3 Å². The van der Waals surface area contributed by atoms with Gasteiger partial charge in [-0.3, -0.25) is 4.90 Å². The van der Waals surface area contributed by atoms with Gasteiger partial charge in [0.15, 0.2) is 0 Å². The molecule has 1 aliphatic rings. The summed E-state index contributed by atoms with van der Waals surface area (Å²) in [5.74, 6) is 0.733. The highest BCUT2D eigenvalue weighted by Crippen LogP contribution is 2.20. The van der Waals surface area contributed by atoms with Crippen molar-refractivity contribution in [1.82, 2.24) is 14.9 Å². The van der Waals surface area contributed by atoms with E-state index in [0.717, 1.165) is 45.2 Å². The minimum absolute atomic E-state index is 0.409. The summed E-state index contributed by atoms with van der Waals surface area (Å²) in [5, 5.41) is 6.38. The van der Waals surface area contributed by atoms with Gasteiger partial charge in [0.2, 0.25) is 5.95 Å². The molecule has 26 heavy (non-hydrogen) atoms. The van der Waals surface area contributed by atoms with E-state index in [2.05, 4.69) is 25.5 Å². The van der Waals surface area contributed by atoms with Gasteiger partial charge in [-0.1, -0.05) is 12.1 Å². The lowest BCUT2D eigenvalue weighted by molar-refractivity contribution is 0.0398. The van der Waals surface area contributed by atoms with Crippen LogP contribution in [0.4, 0.5) is 17.5 Å². The Hall–Kier alpha value is -2.71. The van der Waals surface area contributed by atoms with E-state index in [9.17, 15) is 4.79 Å². The zero-order valence-electron chi connectivity index (χ0n) is 14.8. The summed E-state index contributed by atoms with van der Waals surface area (Å²) in [5.41, 5.74) is 1.04. The number of rotatable bonds is 7. The van der Waals surface area contributed by atoms with Gasteiger partial charge in [-0.05, 0) is 18.2 Å². The Balaban J connectivity index is 1.60. The van der Waals surface area contributed by atoms with E-state index in [-0.39, 0.29) is 0 Å². The first kappa shape index (κ1) is 18.1. The molecule has 1 saturated heterocycles. The largest absolute Gasteiger partial charge is 0.465 e. The Labute approximate surface area is 152 Å². The van der Waals surface area contributed by atoms with Crippen LogP contribution in [0.1, 0.15) is 10.4 Å². The minimum atomic E-state index is -0.409. The molecule has 0 saturated carbocycles. The van der Waals surface area contributed by atoms with Crippen molar-refractivity contribution in [3.05, 3.63) is 42.1 Å². The summed E-state index contributed by atoms with van der Waals surface area (Å²) >= 11 is 0. The number of hydrogen-bond donors (Lipinski definition) is 2. The molecule has 1 fully saturated rings. The summed E-state index contributed by atoms with van der Waals surface area (Å²) in [6.07, 6.45) is 1.67. The zero-order chi connectivity index (χ0) is 18.2. The number of nitrogens with zero attached hydrogens (tertiary/aromatic N) is 3. The van der Waals surface area contributed by atoms with Crippen molar-refractivity contribution in [3.63, 3.8) is 0 Å². The van der Waals surface area contributed by atoms with Crippen LogP contribution in [0.25, 0.3) is 0 Å². The maximum atomic E-state index is 11.9. The first-order valence-electron chi connectivity index (χ1n) is 8.57. The third-order valence-corrected chi connectivity index (χ3v) is 4.07. The Morgan fingerprint density at radius 2 is 2.08 bits per heavy atom. The highest BCUT2D eigenvalue weighted by molar-refractivity contribution is 5.96. The average molecular weight is 357 g/mol. The molecule has 1 aliphatic heterocycles. The van der Waals surface area contributed by atoms with Crippen molar-refractivity contribution in [1.29, 1.82) is 0 Å². The molecule has 2 heterocycles. The molecule has 0 atom stereocenters. The molecule has 3 rings (SSSR count). The van der Waals surface area contributed by atoms with Crippen LogP contribution in [0.15, 0.2) is 36.5 Å². The van der Waals surface area contributed by atoms with Crippen molar-refractivity contribution in [2.24, 2.45) is 0 Å². The fourth-order valence-corrected chi connectivity index (χ4v) is 2.68. The molecular formula is C18H23N5O3. The van der Waals surface area contributed by atoms with Crippen LogP contribution in [-0.4, -0.2) is 67.3 Å². The van der Waals surface area contributed by atoms with Gasteiger partial charge in [-0.15, -0.1) is 0 Å². The van der Waals surface area contributed by atoms with E-state index in [0.29, 0.717) is 17.2 Å². The van der Waals surface area contributed by atoms with Crippen LogP contribution in [-0.2, 0) is 9.47 Å². The molecule has 8 nitrogen and oxygen atoms in total. The number of hydrogen-bond acceptors (Lipinski definition) is 8. The molecule has 2 aromatic rings. The number of nitrogens with one attached hydrogen (secondary N) is 2. The number of anilines is 3. The predicted molar refractivity (Wildman–Crippen MR) is 98.8 cm³/mol. The lowest BCUT2D eigenvalue weighted by Gasteiger charge is -2.26. The number of ether oxygens (including phenoxy) is 2. The van der Waals surface area contributed by atoms with E-state index in [1.807, 2.05) is 12.1 Å². The number of aromatic nitrogens is 2. The van der Waals surface area contributed by atoms with E-state index in [1.165, 1.54) is 7.11 Å². The van der Waals surface area contributed by atoms with E-state index in [1.54, 1.807) is 24.4 Å². The SMILES string of the molecule is COC(=O)c1ccccc1Nc1nccc(NCCN2CCOCC2)n1. The average Bonchev–Trinajstić information content (AvgIpc) is 2.69. The van der Waals surface area contributed by atoms with E-state index >= 15 is 0 Å². The number of morpholine rings is 1. The molecule has 138 valence electrons. The van der Waals surface area contributed by atoms with Crippen LogP contribution >= 0.6 is 0 Å². The zero-order valence-corrected chi connectivity index (χ0v) is 14.8. The Morgan fingerprint density at radius 3 is 2.88 bits per heavy atom. The Kier molecular flexibility index (Phi) is 6.34. The van der Waals surface area contributed by atoms with Crippen molar-refractivity contribution in [2.75, 3.05) is 57.1 Å². The quantitative estimate of drug-likeness (QED) is 0.725. The summed E-state index contributed by atoms with van der Waals surface area (Å²) in [6.45, 7) is 5.23. The number of methoxy groups -OCH3 is 1. The van der Waals surface area contributed by atoms with Gasteiger partial charge >= 0.3 is 5.97 Å². The lowest BCUT2D eigenvalue weighted by atomic mass is 10.2. The molecular weight excluding hydrogens is 334 g/mol. The molecule has 0 amide bonds. The summed E-state index contributed by atoms with van der Waals surface area (Å²) in [6, 6.07) is 8.91. The van der Waals surface area contributed by atoms with E-state index < -0.39 is 5.97 Å². The van der Waals surface area contributed by atoms with Gasteiger partial charge < -0.3 is 20.1 Å². The van der Waals surface area contributed by atoms with Gasteiger partial charge in [0.05, 0.1) is 31.6 Å². The number of para-hydroxylation sites is 1. The normalized spacial score (nSPS) is 14.7. The third kappa shape index (κ3) is 4.90. The summed E-state index contributed by atoms with van der Waals surface area (Å²) in [4.78, 5) is 22.9. The van der Waals surface area contributed by atoms with Crippen LogP contribution in [0.2, 0.25) is 0 Å². The van der Waals surface area contributed by atoms with Gasteiger partial charge in [0.1, 0.15) is 5.82 Å². The van der Waals surface area contributed by atoms with Crippen LogP contribution < -0.4 is 10.6 Å². The van der Waals surface area contributed by atoms with Gasteiger partial charge in [-0.2, -0.15) is 4.98 Å². The molecule has 0 bridgehead atoms. The highest BCUT2D eigenvalue weighted by Gasteiger charge is 2.12. The predicted octanol–water partition coefficient (Wildman–Crippen LogP) is 1.75. The van der Waals surface area contributed by atoms with Gasteiger partial charge in [-0.25, -0.2) is 9.78 Å². The smallest absolute Gasteiger partial charge is 0.339 e. The second kappa shape index (κ2) is 9.12. The molecule has 0 unspecified atom stereocenters. The first-order chi connectivity index (χ1) is 12.8. The maximum absolute atomic E-state index is 11.9. The van der Waals surface area contributed by atoms with Gasteiger partial charge in [0, 0.05) is 32.4 Å². The molecule has 0 radical (unpaired) electrons.